The average Bonchev–Trinajstić information content (AvgIpc) is 3.33. The summed E-state index contributed by atoms with van der Waals surface area (Å²) < 4.78 is 7.34. The second kappa shape index (κ2) is 11.3. The molecule has 0 unspecified atom stereocenters. The minimum absolute atomic E-state index is 0.0381. The molecule has 184 valence electrons. The minimum Gasteiger partial charge on any atom is -0.379 e. The molecule has 1 aliphatic heterocycles. The van der Waals surface area contributed by atoms with Crippen LogP contribution in [0.15, 0.2) is 17.2 Å². The van der Waals surface area contributed by atoms with Gasteiger partial charge >= 0.3 is 0 Å². The molecule has 33 heavy (non-hydrogen) atoms. The van der Waals surface area contributed by atoms with E-state index in [1.807, 2.05) is 4.57 Å². The van der Waals surface area contributed by atoms with Crippen molar-refractivity contribution in [3.8, 4) is 0 Å². The minimum atomic E-state index is -0.507. The molecule has 2 heterocycles. The van der Waals surface area contributed by atoms with Crippen molar-refractivity contribution in [2.75, 3.05) is 39.4 Å². The van der Waals surface area contributed by atoms with Gasteiger partial charge in [-0.15, -0.1) is 0 Å². The molecule has 0 bridgehead atoms. The lowest BCUT2D eigenvalue weighted by Gasteiger charge is -2.40. The zero-order valence-corrected chi connectivity index (χ0v) is 20.6. The Morgan fingerprint density at radius 3 is 2.21 bits per heavy atom. The van der Waals surface area contributed by atoms with Gasteiger partial charge in [-0.05, 0) is 39.0 Å². The van der Waals surface area contributed by atoms with Gasteiger partial charge < -0.3 is 19.9 Å². The van der Waals surface area contributed by atoms with Gasteiger partial charge in [0.2, 0.25) is 5.43 Å². The summed E-state index contributed by atoms with van der Waals surface area (Å²) in [7, 11) is 0. The number of hydrogen-bond acceptors (Lipinski definition) is 5. The van der Waals surface area contributed by atoms with Crippen LogP contribution in [0, 0.1) is 5.92 Å². The Hall–Kier alpha value is -2.19. The van der Waals surface area contributed by atoms with E-state index in [0.717, 1.165) is 45.2 Å². The van der Waals surface area contributed by atoms with E-state index >= 15 is 0 Å². The standard InChI is InChI=1S/C25H40N4O4/c1-18(2)9-10-26-23(31)20-15-28(19-7-5-6-8-19)16-21(22(20)30)24(32)27-17-25(3,4)29-11-13-33-14-12-29/h15-16,18-19H,5-14,17H2,1-4H3,(H,26,31)(H,27,32). The second-order valence-corrected chi connectivity index (χ2v) is 10.3. The summed E-state index contributed by atoms with van der Waals surface area (Å²) in [5, 5.41) is 5.80. The van der Waals surface area contributed by atoms with E-state index in [1.54, 1.807) is 12.4 Å². The fraction of sp³-hybridized carbons (Fsp3) is 0.720. The van der Waals surface area contributed by atoms with E-state index < -0.39 is 17.2 Å². The van der Waals surface area contributed by atoms with Crippen molar-refractivity contribution in [1.29, 1.82) is 0 Å². The van der Waals surface area contributed by atoms with Gasteiger partial charge in [-0.1, -0.05) is 26.7 Å². The second-order valence-electron chi connectivity index (χ2n) is 10.3. The predicted molar refractivity (Wildman–Crippen MR) is 129 cm³/mol. The van der Waals surface area contributed by atoms with Gasteiger partial charge in [0.25, 0.3) is 11.8 Å². The molecule has 0 radical (unpaired) electrons. The highest BCUT2D eigenvalue weighted by molar-refractivity contribution is 5.99. The number of rotatable bonds is 9. The molecule has 1 saturated heterocycles. The van der Waals surface area contributed by atoms with Gasteiger partial charge in [0, 0.05) is 50.2 Å². The van der Waals surface area contributed by atoms with Crippen LogP contribution in [0.3, 0.4) is 0 Å². The van der Waals surface area contributed by atoms with Crippen LogP contribution in [0.5, 0.6) is 0 Å². The molecule has 8 nitrogen and oxygen atoms in total. The lowest BCUT2D eigenvalue weighted by Crippen LogP contribution is -2.55. The summed E-state index contributed by atoms with van der Waals surface area (Å²) in [6.07, 6.45) is 8.31. The topological polar surface area (TPSA) is 92.7 Å². The molecule has 1 saturated carbocycles. The van der Waals surface area contributed by atoms with Crippen molar-refractivity contribution in [2.45, 2.75) is 71.4 Å². The highest BCUT2D eigenvalue weighted by Gasteiger charge is 2.30. The smallest absolute Gasteiger partial charge is 0.256 e. The van der Waals surface area contributed by atoms with Gasteiger partial charge in [0.15, 0.2) is 0 Å². The number of ether oxygens (including phenoxy) is 1. The molecule has 2 aliphatic rings. The zero-order chi connectivity index (χ0) is 24.0. The monoisotopic (exact) mass is 460 g/mol. The van der Waals surface area contributed by atoms with Gasteiger partial charge in [0.1, 0.15) is 11.1 Å². The van der Waals surface area contributed by atoms with Crippen LogP contribution in [0.1, 0.15) is 86.6 Å². The molecule has 0 spiro atoms. The predicted octanol–water partition coefficient (Wildman–Crippen LogP) is 2.58. The van der Waals surface area contributed by atoms with Crippen LogP contribution in [0.25, 0.3) is 0 Å². The Kier molecular flexibility index (Phi) is 8.70. The maximum Gasteiger partial charge on any atom is 0.256 e. The largest absolute Gasteiger partial charge is 0.379 e. The molecule has 8 heteroatoms. The molecule has 2 amide bonds. The first-order valence-electron chi connectivity index (χ1n) is 12.3. The van der Waals surface area contributed by atoms with Crippen molar-refractivity contribution in [2.24, 2.45) is 5.92 Å². The number of amides is 2. The summed E-state index contributed by atoms with van der Waals surface area (Å²) in [6.45, 7) is 12.2. The molecule has 1 aromatic heterocycles. The number of morpholine rings is 1. The Morgan fingerprint density at radius 2 is 1.64 bits per heavy atom. The van der Waals surface area contributed by atoms with E-state index in [-0.39, 0.29) is 22.7 Å². The maximum atomic E-state index is 13.2. The quantitative estimate of drug-likeness (QED) is 0.591. The van der Waals surface area contributed by atoms with Gasteiger partial charge in [-0.3, -0.25) is 19.3 Å². The Bertz CT molecular complexity index is 881. The molecule has 0 aromatic carbocycles. The molecular formula is C25H40N4O4. The van der Waals surface area contributed by atoms with Crippen LogP contribution in [0.2, 0.25) is 0 Å². The van der Waals surface area contributed by atoms with E-state index in [4.69, 9.17) is 4.74 Å². The average molecular weight is 461 g/mol. The normalized spacial score (nSPS) is 18.0. The van der Waals surface area contributed by atoms with Crippen molar-refractivity contribution in [1.82, 2.24) is 20.1 Å². The lowest BCUT2D eigenvalue weighted by atomic mass is 10.0. The fourth-order valence-corrected chi connectivity index (χ4v) is 4.58. The van der Waals surface area contributed by atoms with Gasteiger partial charge in [0.05, 0.1) is 13.2 Å². The molecule has 2 fully saturated rings. The molecule has 3 rings (SSSR count). The summed E-state index contributed by atoms with van der Waals surface area (Å²) in [6, 6.07) is 0.212. The first kappa shape index (κ1) is 25.4. The van der Waals surface area contributed by atoms with Gasteiger partial charge in [-0.25, -0.2) is 0 Å². The Morgan fingerprint density at radius 1 is 1.06 bits per heavy atom. The van der Waals surface area contributed by atoms with Crippen molar-refractivity contribution in [3.63, 3.8) is 0 Å². The number of carbonyl (C=O) groups is 2. The van der Waals surface area contributed by atoms with Crippen molar-refractivity contribution >= 4 is 11.8 Å². The molecule has 0 atom stereocenters. The van der Waals surface area contributed by atoms with E-state index in [0.29, 0.717) is 32.2 Å². The van der Waals surface area contributed by atoms with Crippen molar-refractivity contribution < 1.29 is 14.3 Å². The Balaban J connectivity index is 1.80. The van der Waals surface area contributed by atoms with Crippen LogP contribution >= 0.6 is 0 Å². The number of nitrogens with zero attached hydrogens (tertiary/aromatic N) is 2. The van der Waals surface area contributed by atoms with E-state index in [1.165, 1.54) is 0 Å². The van der Waals surface area contributed by atoms with E-state index in [9.17, 15) is 14.4 Å². The fourth-order valence-electron chi connectivity index (χ4n) is 4.58. The molecular weight excluding hydrogens is 420 g/mol. The third kappa shape index (κ3) is 6.67. The van der Waals surface area contributed by atoms with E-state index in [2.05, 4.69) is 43.2 Å². The number of pyridine rings is 1. The SMILES string of the molecule is CC(C)CCNC(=O)c1cn(C2CCCC2)cc(C(=O)NCC(C)(C)N2CCOCC2)c1=O. The van der Waals surface area contributed by atoms with Crippen LogP contribution in [0.4, 0.5) is 0 Å². The summed E-state index contributed by atoms with van der Waals surface area (Å²) in [5.74, 6) is -0.381. The van der Waals surface area contributed by atoms with Gasteiger partial charge in [-0.2, -0.15) is 0 Å². The first-order chi connectivity index (χ1) is 15.7. The Labute approximate surface area is 197 Å². The van der Waals surface area contributed by atoms with Crippen LogP contribution in [-0.4, -0.2) is 66.2 Å². The highest BCUT2D eigenvalue weighted by atomic mass is 16.5. The van der Waals surface area contributed by atoms with Crippen molar-refractivity contribution in [3.05, 3.63) is 33.7 Å². The van der Waals surface area contributed by atoms with Crippen LogP contribution < -0.4 is 16.1 Å². The summed E-state index contributed by atoms with van der Waals surface area (Å²) >= 11 is 0. The summed E-state index contributed by atoms with van der Waals surface area (Å²) in [4.78, 5) is 41.4. The molecule has 1 aliphatic carbocycles. The number of hydrogen-bond donors (Lipinski definition) is 2. The third-order valence-electron chi connectivity index (χ3n) is 6.84. The maximum absolute atomic E-state index is 13.2. The third-order valence-corrected chi connectivity index (χ3v) is 6.84. The number of nitrogens with one attached hydrogen (secondary N) is 2. The molecule has 1 aromatic rings. The zero-order valence-electron chi connectivity index (χ0n) is 20.6. The van der Waals surface area contributed by atoms with Crippen LogP contribution in [-0.2, 0) is 4.74 Å². The highest BCUT2D eigenvalue weighted by Crippen LogP contribution is 2.29. The summed E-state index contributed by atoms with van der Waals surface area (Å²) in [5.41, 5.74) is -0.689. The first-order valence-corrected chi connectivity index (χ1v) is 12.3. The molecule has 2 N–H and O–H groups in total. The number of aromatic nitrogens is 1. The number of carbonyl (C=O) groups excluding carboxylic acids is 2. The lowest BCUT2D eigenvalue weighted by molar-refractivity contribution is -0.00923.